The summed E-state index contributed by atoms with van der Waals surface area (Å²) >= 11 is 0. The molecule has 0 unspecified atom stereocenters. The second-order valence-corrected chi connectivity index (χ2v) is 5.22. The molecule has 0 heterocycles. The zero-order valence-corrected chi connectivity index (χ0v) is 11.7. The maximum absolute atomic E-state index is 13.4. The Labute approximate surface area is 110 Å². The Morgan fingerprint density at radius 3 is 2.61 bits per heavy atom. The summed E-state index contributed by atoms with van der Waals surface area (Å²) in [6.45, 7) is 9.99. The highest BCUT2D eigenvalue weighted by Gasteiger charge is 2.01. The van der Waals surface area contributed by atoms with Crippen molar-refractivity contribution in [3.8, 4) is 0 Å². The van der Waals surface area contributed by atoms with Crippen LogP contribution < -0.4 is 10.6 Å². The molecule has 0 bridgehead atoms. The SMILES string of the molecule is Cc1ccc(F)c(CNCCCNCC(C)C)c1. The van der Waals surface area contributed by atoms with E-state index in [1.54, 1.807) is 6.07 Å². The molecular formula is C15H25FN2. The fourth-order valence-corrected chi connectivity index (χ4v) is 1.79. The smallest absolute Gasteiger partial charge is 0.127 e. The van der Waals surface area contributed by atoms with Crippen molar-refractivity contribution >= 4 is 0 Å². The van der Waals surface area contributed by atoms with E-state index < -0.39 is 0 Å². The first-order chi connectivity index (χ1) is 8.59. The number of halogens is 1. The fourth-order valence-electron chi connectivity index (χ4n) is 1.79. The maximum Gasteiger partial charge on any atom is 0.127 e. The van der Waals surface area contributed by atoms with Gasteiger partial charge >= 0.3 is 0 Å². The van der Waals surface area contributed by atoms with Crippen molar-refractivity contribution in [3.63, 3.8) is 0 Å². The minimum atomic E-state index is -0.119. The van der Waals surface area contributed by atoms with E-state index in [2.05, 4.69) is 24.5 Å². The molecule has 0 aromatic heterocycles. The van der Waals surface area contributed by atoms with Crippen LogP contribution in [0, 0.1) is 18.7 Å². The molecule has 0 fully saturated rings. The number of hydrogen-bond donors (Lipinski definition) is 2. The molecule has 0 amide bonds. The van der Waals surface area contributed by atoms with Gasteiger partial charge in [-0.3, -0.25) is 0 Å². The molecule has 1 aromatic carbocycles. The van der Waals surface area contributed by atoms with Gasteiger partial charge in [-0.1, -0.05) is 31.5 Å². The van der Waals surface area contributed by atoms with E-state index in [4.69, 9.17) is 0 Å². The fraction of sp³-hybridized carbons (Fsp3) is 0.600. The molecule has 2 N–H and O–H groups in total. The minimum Gasteiger partial charge on any atom is -0.316 e. The zero-order chi connectivity index (χ0) is 13.4. The largest absolute Gasteiger partial charge is 0.316 e. The Bertz CT molecular complexity index is 350. The van der Waals surface area contributed by atoms with E-state index in [9.17, 15) is 4.39 Å². The first-order valence-electron chi connectivity index (χ1n) is 6.76. The van der Waals surface area contributed by atoms with Gasteiger partial charge in [0.05, 0.1) is 0 Å². The quantitative estimate of drug-likeness (QED) is 0.695. The number of rotatable bonds is 8. The average Bonchev–Trinajstić information content (AvgIpc) is 2.32. The van der Waals surface area contributed by atoms with Crippen LogP contribution in [0.2, 0.25) is 0 Å². The van der Waals surface area contributed by atoms with E-state index >= 15 is 0 Å². The molecular weight excluding hydrogens is 227 g/mol. The molecule has 3 heteroatoms. The summed E-state index contributed by atoms with van der Waals surface area (Å²) in [4.78, 5) is 0. The Kier molecular flexibility index (Phi) is 6.91. The van der Waals surface area contributed by atoms with Crippen LogP contribution in [0.4, 0.5) is 4.39 Å². The van der Waals surface area contributed by atoms with Crippen LogP contribution in [-0.2, 0) is 6.54 Å². The second-order valence-electron chi connectivity index (χ2n) is 5.22. The van der Waals surface area contributed by atoms with Gasteiger partial charge in [-0.25, -0.2) is 4.39 Å². The Morgan fingerprint density at radius 1 is 1.17 bits per heavy atom. The summed E-state index contributed by atoms with van der Waals surface area (Å²) in [6, 6.07) is 5.24. The summed E-state index contributed by atoms with van der Waals surface area (Å²) in [5.74, 6) is 0.574. The van der Waals surface area contributed by atoms with Crippen LogP contribution in [0.15, 0.2) is 18.2 Å². The highest BCUT2D eigenvalue weighted by molar-refractivity contribution is 5.23. The van der Waals surface area contributed by atoms with E-state index in [-0.39, 0.29) is 5.82 Å². The van der Waals surface area contributed by atoms with Gasteiger partial charge in [0.15, 0.2) is 0 Å². The highest BCUT2D eigenvalue weighted by Crippen LogP contribution is 2.09. The first-order valence-corrected chi connectivity index (χ1v) is 6.76. The lowest BCUT2D eigenvalue weighted by Crippen LogP contribution is -2.24. The van der Waals surface area contributed by atoms with E-state index in [0.717, 1.165) is 37.2 Å². The molecule has 0 saturated carbocycles. The lowest BCUT2D eigenvalue weighted by atomic mass is 10.1. The average molecular weight is 252 g/mol. The third-order valence-electron chi connectivity index (χ3n) is 2.78. The summed E-state index contributed by atoms with van der Waals surface area (Å²) in [6.07, 6.45) is 1.07. The van der Waals surface area contributed by atoms with Crippen LogP contribution >= 0.6 is 0 Å². The molecule has 0 saturated heterocycles. The lowest BCUT2D eigenvalue weighted by molar-refractivity contribution is 0.526. The van der Waals surface area contributed by atoms with Crippen molar-refractivity contribution in [2.24, 2.45) is 5.92 Å². The van der Waals surface area contributed by atoms with Crippen LogP contribution in [-0.4, -0.2) is 19.6 Å². The predicted molar refractivity (Wildman–Crippen MR) is 75.2 cm³/mol. The van der Waals surface area contributed by atoms with E-state index in [1.807, 2.05) is 13.0 Å². The molecule has 2 nitrogen and oxygen atoms in total. The van der Waals surface area contributed by atoms with Gasteiger partial charge in [0.25, 0.3) is 0 Å². The third-order valence-corrected chi connectivity index (χ3v) is 2.78. The van der Waals surface area contributed by atoms with Crippen molar-refractivity contribution in [2.45, 2.75) is 33.7 Å². The Morgan fingerprint density at radius 2 is 1.89 bits per heavy atom. The molecule has 0 atom stereocenters. The van der Waals surface area contributed by atoms with Crippen LogP contribution in [0.5, 0.6) is 0 Å². The van der Waals surface area contributed by atoms with Gasteiger partial charge in [0.2, 0.25) is 0 Å². The number of hydrogen-bond acceptors (Lipinski definition) is 2. The van der Waals surface area contributed by atoms with Gasteiger partial charge in [-0.05, 0) is 45.0 Å². The highest BCUT2D eigenvalue weighted by atomic mass is 19.1. The van der Waals surface area contributed by atoms with Crippen molar-refractivity contribution in [1.82, 2.24) is 10.6 Å². The van der Waals surface area contributed by atoms with Crippen LogP contribution in [0.3, 0.4) is 0 Å². The molecule has 1 rings (SSSR count). The normalized spacial score (nSPS) is 11.2. The van der Waals surface area contributed by atoms with Gasteiger partial charge in [0, 0.05) is 12.1 Å². The zero-order valence-electron chi connectivity index (χ0n) is 11.7. The summed E-state index contributed by atoms with van der Waals surface area (Å²) < 4.78 is 13.4. The lowest BCUT2D eigenvalue weighted by Gasteiger charge is -2.09. The van der Waals surface area contributed by atoms with Gasteiger partial charge in [-0.15, -0.1) is 0 Å². The second kappa shape index (κ2) is 8.22. The molecule has 102 valence electrons. The van der Waals surface area contributed by atoms with Gasteiger partial charge in [0.1, 0.15) is 5.82 Å². The number of nitrogens with one attached hydrogen (secondary N) is 2. The van der Waals surface area contributed by atoms with Crippen LogP contribution in [0.25, 0.3) is 0 Å². The van der Waals surface area contributed by atoms with Crippen molar-refractivity contribution in [3.05, 3.63) is 35.1 Å². The van der Waals surface area contributed by atoms with E-state index in [1.165, 1.54) is 6.07 Å². The molecule has 0 aliphatic carbocycles. The minimum absolute atomic E-state index is 0.119. The van der Waals surface area contributed by atoms with Gasteiger partial charge in [-0.2, -0.15) is 0 Å². The number of aryl methyl sites for hydroxylation is 1. The molecule has 18 heavy (non-hydrogen) atoms. The van der Waals surface area contributed by atoms with Crippen molar-refractivity contribution in [2.75, 3.05) is 19.6 Å². The first kappa shape index (κ1) is 15.1. The van der Waals surface area contributed by atoms with Gasteiger partial charge < -0.3 is 10.6 Å². The van der Waals surface area contributed by atoms with E-state index in [0.29, 0.717) is 12.5 Å². The molecule has 0 spiro atoms. The topological polar surface area (TPSA) is 24.1 Å². The molecule has 1 aromatic rings. The summed E-state index contributed by atoms with van der Waals surface area (Å²) in [5.41, 5.74) is 1.86. The monoisotopic (exact) mass is 252 g/mol. The molecule has 0 aliphatic rings. The number of benzene rings is 1. The van der Waals surface area contributed by atoms with Crippen LogP contribution in [0.1, 0.15) is 31.4 Å². The third kappa shape index (κ3) is 6.12. The predicted octanol–water partition coefficient (Wildman–Crippen LogP) is 2.86. The van der Waals surface area contributed by atoms with Crippen molar-refractivity contribution in [1.29, 1.82) is 0 Å². The molecule has 0 aliphatic heterocycles. The van der Waals surface area contributed by atoms with Crippen molar-refractivity contribution < 1.29 is 4.39 Å². The Hall–Kier alpha value is -0.930. The summed E-state index contributed by atoms with van der Waals surface area (Å²) in [5, 5.41) is 6.67. The standard InChI is InChI=1S/C15H25FN2/c1-12(2)10-17-7-4-8-18-11-14-9-13(3)5-6-15(14)16/h5-6,9,12,17-18H,4,7-8,10-11H2,1-3H3. The maximum atomic E-state index is 13.4. The summed E-state index contributed by atoms with van der Waals surface area (Å²) in [7, 11) is 0. The molecule has 0 radical (unpaired) electrons. The Balaban J connectivity index is 2.12.